The summed E-state index contributed by atoms with van der Waals surface area (Å²) in [6.07, 6.45) is 75.8. The second-order valence-corrected chi connectivity index (χ2v) is 20.7. The van der Waals surface area contributed by atoms with Crippen LogP contribution in [0.4, 0.5) is 0 Å². The van der Waals surface area contributed by atoms with Crippen LogP contribution in [0, 0.1) is 0 Å². The largest absolute Gasteiger partial charge is 0.331 e. The Labute approximate surface area is 365 Å². The Balaban J connectivity index is 3.07. The van der Waals surface area contributed by atoms with Crippen LogP contribution in [0.15, 0.2) is 0 Å². The molecular weight excluding hydrogens is 687 g/mol. The topological polar surface area (TPSA) is 0 Å². The summed E-state index contributed by atoms with van der Waals surface area (Å²) in [6, 6.07) is 0. The minimum atomic E-state index is 1.12. The summed E-state index contributed by atoms with van der Waals surface area (Å²) < 4.78 is 1.12. The van der Waals surface area contributed by atoms with E-state index in [1.54, 1.807) is 0 Å². The fourth-order valence-electron chi connectivity index (χ4n) is 9.32. The highest BCUT2D eigenvalue weighted by molar-refractivity contribution is 4.55. The molecule has 0 aromatic heterocycles. The third-order valence-corrected chi connectivity index (χ3v) is 13.4. The van der Waals surface area contributed by atoms with E-state index in [9.17, 15) is 0 Å². The van der Waals surface area contributed by atoms with E-state index in [2.05, 4.69) is 28.1 Å². The molecule has 0 fully saturated rings. The predicted octanol–water partition coefficient (Wildman–Crippen LogP) is 20.6. The number of hydrogen-bond acceptors (Lipinski definition) is 0. The summed E-state index contributed by atoms with van der Waals surface area (Å²) in [4.78, 5) is 0. The van der Waals surface area contributed by atoms with Crippen LogP contribution in [-0.4, -0.2) is 32.2 Å². The first-order valence-corrected chi connectivity index (χ1v) is 27.9. The molecule has 0 amide bonds. The number of nitrogens with zero attached hydrogens (tertiary/aromatic N) is 1. The van der Waals surface area contributed by atoms with Crippen LogP contribution in [0.2, 0.25) is 0 Å². The molecule has 0 aliphatic rings. The van der Waals surface area contributed by atoms with Gasteiger partial charge in [-0.15, -0.1) is 0 Å². The maximum absolute atomic E-state index is 2.31. The van der Waals surface area contributed by atoms with Crippen LogP contribution in [0.5, 0.6) is 0 Å². The van der Waals surface area contributed by atoms with Crippen molar-refractivity contribution in [3.05, 3.63) is 0 Å². The second-order valence-electron chi connectivity index (χ2n) is 20.7. The average molecular weight is 804 g/mol. The van der Waals surface area contributed by atoms with Crippen LogP contribution in [-0.2, 0) is 0 Å². The van der Waals surface area contributed by atoms with Crippen molar-refractivity contribution in [1.82, 2.24) is 0 Å². The normalized spacial score (nSPS) is 12.0. The minimum Gasteiger partial charge on any atom is -0.331 e. The summed E-state index contributed by atoms with van der Waals surface area (Å²) in [5, 5.41) is 0. The Morgan fingerprint density at radius 1 is 0.158 bits per heavy atom. The highest BCUT2D eigenvalue weighted by atomic mass is 15.3. The molecule has 0 unspecified atom stereocenters. The lowest BCUT2D eigenvalue weighted by molar-refractivity contribution is -0.870. The third kappa shape index (κ3) is 56.0. The Bertz CT molecular complexity index is 677. The molecule has 0 saturated heterocycles. The van der Waals surface area contributed by atoms with Gasteiger partial charge in [0.1, 0.15) is 0 Å². The van der Waals surface area contributed by atoms with Gasteiger partial charge in [-0.1, -0.05) is 322 Å². The summed E-state index contributed by atoms with van der Waals surface area (Å²) in [5.41, 5.74) is 0. The van der Waals surface area contributed by atoms with Crippen LogP contribution in [0.25, 0.3) is 0 Å². The van der Waals surface area contributed by atoms with Gasteiger partial charge < -0.3 is 4.48 Å². The molecule has 0 rings (SSSR count). The van der Waals surface area contributed by atoms with Gasteiger partial charge in [0.05, 0.1) is 27.7 Å². The molecule has 1 heteroatoms. The first kappa shape index (κ1) is 57.0. The van der Waals surface area contributed by atoms with E-state index < -0.39 is 0 Å². The van der Waals surface area contributed by atoms with Gasteiger partial charge in [0.2, 0.25) is 0 Å². The molecule has 0 aliphatic carbocycles. The molecule has 0 saturated carbocycles. The number of unbranched alkanes of at least 4 members (excludes halogenated alkanes) is 50. The Kier molecular flexibility index (Phi) is 50.3. The van der Waals surface area contributed by atoms with Crippen molar-refractivity contribution in [3.63, 3.8) is 0 Å². The molecule has 0 spiro atoms. The van der Waals surface area contributed by atoms with E-state index in [-0.39, 0.29) is 0 Å². The number of hydrogen-bond donors (Lipinski definition) is 0. The van der Waals surface area contributed by atoms with Crippen molar-refractivity contribution >= 4 is 0 Å². The molecular formula is C56H116N+. The molecule has 0 N–H and O–H groups in total. The smallest absolute Gasteiger partial charge is 0.0780 e. The van der Waals surface area contributed by atoms with E-state index >= 15 is 0 Å². The highest BCUT2D eigenvalue weighted by Crippen LogP contribution is 2.19. The van der Waals surface area contributed by atoms with Crippen molar-refractivity contribution in [2.24, 2.45) is 0 Å². The van der Waals surface area contributed by atoms with E-state index in [0.717, 1.165) is 4.48 Å². The molecule has 0 heterocycles. The first-order chi connectivity index (χ1) is 28.1. The van der Waals surface area contributed by atoms with Gasteiger partial charge >= 0.3 is 0 Å². The monoisotopic (exact) mass is 803 g/mol. The van der Waals surface area contributed by atoms with Crippen molar-refractivity contribution < 1.29 is 4.48 Å². The summed E-state index contributed by atoms with van der Waals surface area (Å²) >= 11 is 0. The second kappa shape index (κ2) is 50.3. The molecule has 344 valence electrons. The van der Waals surface area contributed by atoms with Crippen LogP contribution in [0.1, 0.15) is 334 Å². The van der Waals surface area contributed by atoms with Gasteiger partial charge in [-0.3, -0.25) is 0 Å². The summed E-state index contributed by atoms with van der Waals surface area (Å²) in [7, 11) is 6.94. The van der Waals surface area contributed by atoms with Gasteiger partial charge in [-0.2, -0.15) is 0 Å². The zero-order valence-electron chi connectivity index (χ0n) is 41.2. The minimum absolute atomic E-state index is 1.12. The van der Waals surface area contributed by atoms with Gasteiger partial charge in [0, 0.05) is 0 Å². The van der Waals surface area contributed by atoms with Crippen LogP contribution >= 0.6 is 0 Å². The lowest BCUT2D eigenvalue weighted by atomic mass is 10.0. The third-order valence-electron chi connectivity index (χ3n) is 13.4. The van der Waals surface area contributed by atoms with E-state index in [0.29, 0.717) is 0 Å². The van der Waals surface area contributed by atoms with Crippen LogP contribution < -0.4 is 0 Å². The molecule has 0 atom stereocenters. The van der Waals surface area contributed by atoms with E-state index in [4.69, 9.17) is 0 Å². The van der Waals surface area contributed by atoms with E-state index in [1.165, 1.54) is 334 Å². The highest BCUT2D eigenvalue weighted by Gasteiger charge is 2.05. The lowest BCUT2D eigenvalue weighted by Gasteiger charge is -2.23. The van der Waals surface area contributed by atoms with Crippen LogP contribution in [0.3, 0.4) is 0 Å². The molecule has 1 nitrogen and oxygen atoms in total. The number of rotatable bonds is 52. The Morgan fingerprint density at radius 3 is 0.368 bits per heavy atom. The van der Waals surface area contributed by atoms with Gasteiger partial charge in [0.25, 0.3) is 0 Å². The van der Waals surface area contributed by atoms with Gasteiger partial charge in [-0.25, -0.2) is 0 Å². The van der Waals surface area contributed by atoms with Crippen molar-refractivity contribution in [1.29, 1.82) is 0 Å². The maximum atomic E-state index is 2.31. The summed E-state index contributed by atoms with van der Waals surface area (Å²) in [5.74, 6) is 0. The quantitative estimate of drug-likeness (QED) is 0.0424. The average Bonchev–Trinajstić information content (AvgIpc) is 3.19. The molecule has 0 aromatic rings. The fourth-order valence-corrected chi connectivity index (χ4v) is 9.32. The summed E-state index contributed by atoms with van der Waals surface area (Å²) in [6.45, 7) is 3.65. The molecule has 0 radical (unpaired) electrons. The van der Waals surface area contributed by atoms with Gasteiger partial charge in [0.15, 0.2) is 0 Å². The molecule has 0 aliphatic heterocycles. The van der Waals surface area contributed by atoms with E-state index in [1.807, 2.05) is 0 Å². The Hall–Kier alpha value is -0.0400. The molecule has 57 heavy (non-hydrogen) atoms. The number of quaternary nitrogens is 1. The van der Waals surface area contributed by atoms with Crippen molar-refractivity contribution in [2.45, 2.75) is 334 Å². The zero-order valence-corrected chi connectivity index (χ0v) is 41.2. The molecule has 0 bridgehead atoms. The lowest BCUT2D eigenvalue weighted by Crippen LogP contribution is -2.35. The van der Waals surface area contributed by atoms with Crippen molar-refractivity contribution in [2.75, 3.05) is 27.7 Å². The maximum Gasteiger partial charge on any atom is 0.0780 e. The SMILES string of the molecule is CCCCCCCCCCCCCCCCCCCCCCCCCCCCCCCCCCCCCCCCCCCCCCCCCCCCC[N+](C)(C)C. The molecule has 0 aromatic carbocycles. The fraction of sp³-hybridized carbons (Fsp3) is 1.00. The Morgan fingerprint density at radius 2 is 0.263 bits per heavy atom. The van der Waals surface area contributed by atoms with Gasteiger partial charge in [-0.05, 0) is 12.8 Å². The first-order valence-electron chi connectivity index (χ1n) is 27.9. The predicted molar refractivity (Wildman–Crippen MR) is 264 cm³/mol. The standard InChI is InChI=1S/C56H116N/c1-5-6-7-8-9-10-11-12-13-14-15-16-17-18-19-20-21-22-23-24-25-26-27-28-29-30-31-32-33-34-35-36-37-38-39-40-41-42-43-44-45-46-47-48-49-50-51-52-53-54-55-56-57(2,3)4/h5-56H2,1-4H3/q+1. The van der Waals surface area contributed by atoms with Crippen molar-refractivity contribution in [3.8, 4) is 0 Å². The zero-order chi connectivity index (χ0) is 41.3.